The predicted molar refractivity (Wildman–Crippen MR) is 81.4 cm³/mol. The fourth-order valence-electron chi connectivity index (χ4n) is 2.91. The maximum absolute atomic E-state index is 9.90. The van der Waals surface area contributed by atoms with E-state index < -0.39 is 20.8 Å². The van der Waals surface area contributed by atoms with Crippen molar-refractivity contribution in [2.24, 2.45) is 10.4 Å². The summed E-state index contributed by atoms with van der Waals surface area (Å²) < 4.78 is 0. The van der Waals surface area contributed by atoms with Crippen LogP contribution < -0.4 is 0 Å². The van der Waals surface area contributed by atoms with Gasteiger partial charge in [0.25, 0.3) is 0 Å². The molecule has 0 radical (unpaired) electrons. The molecule has 2 aliphatic carbocycles. The summed E-state index contributed by atoms with van der Waals surface area (Å²) in [4.78, 5) is 4.65. The van der Waals surface area contributed by atoms with Crippen LogP contribution in [-0.4, -0.2) is 17.4 Å². The first-order valence-electron chi connectivity index (χ1n) is 6.88. The number of para-hydroxylation sites is 1. The molecule has 0 heterocycles. The van der Waals surface area contributed by atoms with Crippen LogP contribution in [-0.2, 0) is 20.8 Å². The quantitative estimate of drug-likeness (QED) is 0.720. The molecular weight excluding hydrogens is 372 g/mol. The van der Waals surface area contributed by atoms with Crippen molar-refractivity contribution >= 4 is 23.2 Å². The summed E-state index contributed by atoms with van der Waals surface area (Å²) in [6, 6.07) is 6.29. The first-order valence-corrected chi connectivity index (χ1v) is 13.2. The third-order valence-corrected chi connectivity index (χ3v) is 4.33. The summed E-state index contributed by atoms with van der Waals surface area (Å²) in [6.45, 7) is 1.92. The van der Waals surface area contributed by atoms with Gasteiger partial charge >= 0.3 is 37.9 Å². The average molecular weight is 391 g/mol. The number of rotatable bonds is 2. The molecule has 2 nitrogen and oxygen atoms in total. The van der Waals surface area contributed by atoms with Crippen molar-refractivity contribution < 1.29 is 26.0 Å². The van der Waals surface area contributed by atoms with Crippen LogP contribution in [0.2, 0.25) is 0 Å². The van der Waals surface area contributed by atoms with Crippen molar-refractivity contribution in [1.29, 1.82) is 0 Å². The van der Waals surface area contributed by atoms with Gasteiger partial charge in [-0.2, -0.15) is 0 Å². The summed E-state index contributed by atoms with van der Waals surface area (Å²) >= 11 is -0.826. The molecule has 1 aromatic rings. The molecule has 1 unspecified atom stereocenters. The van der Waals surface area contributed by atoms with E-state index in [0.29, 0.717) is 17.2 Å². The van der Waals surface area contributed by atoms with Crippen LogP contribution in [0.4, 0.5) is 0 Å². The Bertz CT molecular complexity index is 489. The number of benzene rings is 1. The van der Waals surface area contributed by atoms with E-state index in [-0.39, 0.29) is 0 Å². The third kappa shape index (κ3) is 4.32. The van der Waals surface area contributed by atoms with E-state index in [0.717, 1.165) is 11.1 Å². The number of hydrogen-bond acceptors (Lipinski definition) is 2. The number of aryl methyl sites for hydroxylation is 1. The van der Waals surface area contributed by atoms with E-state index in [1.165, 1.54) is 32.1 Å². The monoisotopic (exact) mass is 389 g/mol. The van der Waals surface area contributed by atoms with Crippen molar-refractivity contribution in [3.8, 4) is 5.75 Å². The molecule has 0 aromatic heterocycles. The summed E-state index contributed by atoms with van der Waals surface area (Å²) in [5, 5.41) is 9.90. The Kier molecular flexibility index (Phi) is 6.13. The zero-order chi connectivity index (χ0) is 14.6. The van der Waals surface area contributed by atoms with Gasteiger partial charge in [0.1, 0.15) is 5.75 Å². The van der Waals surface area contributed by atoms with Gasteiger partial charge in [-0.15, -0.1) is 0 Å². The molecule has 1 spiro atoms. The van der Waals surface area contributed by atoms with Crippen molar-refractivity contribution in [1.82, 2.24) is 0 Å². The standard InChI is InChI=1S/C15H19NO.2ClH.Zr/c1-11-3-2-4-12(14(11)17)10-16-13-5-6-15(9-13)7-8-15;;;/h2-4,10,13,17H,5-9H2,1H3;2*1H;/q;;;+2/p-2. The Hall–Kier alpha value is 0.153. The number of hydrogen-bond donors (Lipinski definition) is 1. The summed E-state index contributed by atoms with van der Waals surface area (Å²) in [6.07, 6.45) is 8.52. The number of halogens is 2. The fourth-order valence-corrected chi connectivity index (χ4v) is 2.91. The molecule has 20 heavy (non-hydrogen) atoms. The van der Waals surface area contributed by atoms with Crippen LogP contribution in [0.25, 0.3) is 0 Å². The van der Waals surface area contributed by atoms with Gasteiger partial charge in [-0.05, 0) is 56.1 Å². The Morgan fingerprint density at radius 3 is 2.65 bits per heavy atom. The van der Waals surface area contributed by atoms with Crippen molar-refractivity contribution in [3.05, 3.63) is 29.3 Å². The molecule has 1 N–H and O–H groups in total. The molecule has 2 fully saturated rings. The minimum atomic E-state index is -0.826. The second-order valence-electron chi connectivity index (χ2n) is 5.76. The SMILES string of the molecule is Cc1cccc(C=NC2CCC3(CC3)C2)c1O.[Cl][Zr][Cl]. The van der Waals surface area contributed by atoms with Gasteiger partial charge in [0.15, 0.2) is 0 Å². The van der Waals surface area contributed by atoms with E-state index in [4.69, 9.17) is 17.0 Å². The Morgan fingerprint density at radius 2 is 2.05 bits per heavy atom. The summed E-state index contributed by atoms with van der Waals surface area (Å²) in [5.41, 5.74) is 2.44. The van der Waals surface area contributed by atoms with Crippen LogP contribution in [0.3, 0.4) is 0 Å². The van der Waals surface area contributed by atoms with E-state index >= 15 is 0 Å². The van der Waals surface area contributed by atoms with Crippen molar-refractivity contribution in [2.75, 3.05) is 0 Å². The van der Waals surface area contributed by atoms with E-state index in [2.05, 4.69) is 4.99 Å². The Balaban J connectivity index is 0.000000452. The van der Waals surface area contributed by atoms with Crippen LogP contribution in [0.15, 0.2) is 23.2 Å². The molecule has 2 saturated carbocycles. The van der Waals surface area contributed by atoms with Crippen LogP contribution in [0.1, 0.15) is 43.2 Å². The minimum absolute atomic E-state index is 0.371. The van der Waals surface area contributed by atoms with Gasteiger partial charge in [0.05, 0.1) is 6.04 Å². The number of nitrogens with zero attached hydrogens (tertiary/aromatic N) is 1. The summed E-state index contributed by atoms with van der Waals surface area (Å²) in [5.74, 6) is 0.371. The molecule has 1 aromatic carbocycles. The molecule has 0 amide bonds. The van der Waals surface area contributed by atoms with Gasteiger partial charge in [0.2, 0.25) is 0 Å². The van der Waals surface area contributed by atoms with Gasteiger partial charge in [-0.25, -0.2) is 0 Å². The second kappa shape index (κ2) is 7.43. The predicted octanol–water partition coefficient (Wildman–Crippen LogP) is 4.83. The molecule has 3 rings (SSSR count). The zero-order valence-corrected chi connectivity index (χ0v) is 15.5. The summed E-state index contributed by atoms with van der Waals surface area (Å²) in [7, 11) is 9.87. The van der Waals surface area contributed by atoms with Gasteiger partial charge in [-0.3, -0.25) is 4.99 Å². The molecule has 0 saturated heterocycles. The zero-order valence-electron chi connectivity index (χ0n) is 11.6. The number of phenolic OH excluding ortho intramolecular Hbond substituents is 1. The van der Waals surface area contributed by atoms with Crippen LogP contribution >= 0.6 is 17.0 Å². The normalized spacial score (nSPS) is 22.6. The molecule has 5 heteroatoms. The number of aromatic hydroxyl groups is 1. The van der Waals surface area contributed by atoms with Gasteiger partial charge in [0, 0.05) is 11.8 Å². The average Bonchev–Trinajstić information content (AvgIpc) is 3.05. The molecule has 0 bridgehead atoms. The molecular formula is C15H19Cl2NOZr. The third-order valence-electron chi connectivity index (χ3n) is 4.33. The molecule has 0 aliphatic heterocycles. The molecule has 2 aliphatic rings. The van der Waals surface area contributed by atoms with Crippen molar-refractivity contribution in [3.63, 3.8) is 0 Å². The topological polar surface area (TPSA) is 32.6 Å². The van der Waals surface area contributed by atoms with E-state index in [1.54, 1.807) is 0 Å². The Labute approximate surface area is 139 Å². The van der Waals surface area contributed by atoms with Gasteiger partial charge < -0.3 is 5.11 Å². The van der Waals surface area contributed by atoms with E-state index in [9.17, 15) is 5.11 Å². The Morgan fingerprint density at radius 1 is 1.35 bits per heavy atom. The van der Waals surface area contributed by atoms with E-state index in [1.807, 2.05) is 31.3 Å². The van der Waals surface area contributed by atoms with Gasteiger partial charge in [-0.1, -0.05) is 12.1 Å². The first-order chi connectivity index (χ1) is 9.60. The second-order valence-corrected chi connectivity index (χ2v) is 9.49. The van der Waals surface area contributed by atoms with Crippen LogP contribution in [0, 0.1) is 12.3 Å². The molecule has 108 valence electrons. The van der Waals surface area contributed by atoms with Crippen LogP contribution in [0.5, 0.6) is 5.75 Å². The van der Waals surface area contributed by atoms with Crippen molar-refractivity contribution in [2.45, 2.75) is 45.1 Å². The fraction of sp³-hybridized carbons (Fsp3) is 0.533. The maximum atomic E-state index is 9.90. The molecule has 1 atom stereocenters. The number of phenols is 1. The first kappa shape index (κ1) is 16.5. The number of aliphatic imine (C=N–C) groups is 1.